The SMILES string of the molecule is Cc1nn(-c2ccc(C(=O)OCC(=O)N3CCOCC3)cc2)c(C)c1Cl. The van der Waals surface area contributed by atoms with E-state index >= 15 is 0 Å². The maximum atomic E-state index is 12.1. The molecular formula is C18H20ClN3O4. The van der Waals surface area contributed by atoms with Gasteiger partial charge in [-0.1, -0.05) is 11.6 Å². The van der Waals surface area contributed by atoms with Gasteiger partial charge in [-0.25, -0.2) is 9.48 Å². The van der Waals surface area contributed by atoms with Gasteiger partial charge < -0.3 is 14.4 Å². The molecule has 7 nitrogen and oxygen atoms in total. The van der Waals surface area contributed by atoms with E-state index < -0.39 is 5.97 Å². The Hall–Kier alpha value is -2.38. The van der Waals surface area contributed by atoms with Crippen molar-refractivity contribution in [2.24, 2.45) is 0 Å². The van der Waals surface area contributed by atoms with Crippen molar-refractivity contribution in [1.82, 2.24) is 14.7 Å². The summed E-state index contributed by atoms with van der Waals surface area (Å²) in [6.45, 7) is 5.51. The number of rotatable bonds is 4. The number of esters is 1. The van der Waals surface area contributed by atoms with Crippen molar-refractivity contribution >= 4 is 23.5 Å². The second-order valence-electron chi connectivity index (χ2n) is 6.01. The van der Waals surface area contributed by atoms with Gasteiger partial charge in [0.25, 0.3) is 5.91 Å². The quantitative estimate of drug-likeness (QED) is 0.763. The molecular weight excluding hydrogens is 358 g/mol. The molecule has 26 heavy (non-hydrogen) atoms. The highest BCUT2D eigenvalue weighted by atomic mass is 35.5. The summed E-state index contributed by atoms with van der Waals surface area (Å²) in [5, 5.41) is 4.99. The zero-order chi connectivity index (χ0) is 18.7. The lowest BCUT2D eigenvalue weighted by Crippen LogP contribution is -2.42. The maximum absolute atomic E-state index is 12.1. The van der Waals surface area contributed by atoms with Crippen LogP contribution in [0.15, 0.2) is 24.3 Å². The fourth-order valence-electron chi connectivity index (χ4n) is 2.73. The molecule has 0 atom stereocenters. The lowest BCUT2D eigenvalue weighted by Gasteiger charge is -2.26. The van der Waals surface area contributed by atoms with Crippen molar-refractivity contribution in [3.8, 4) is 5.69 Å². The number of halogens is 1. The fraction of sp³-hybridized carbons (Fsp3) is 0.389. The molecule has 0 bridgehead atoms. The smallest absolute Gasteiger partial charge is 0.338 e. The Morgan fingerprint density at radius 1 is 1.19 bits per heavy atom. The largest absolute Gasteiger partial charge is 0.452 e. The number of hydrogen-bond acceptors (Lipinski definition) is 5. The van der Waals surface area contributed by atoms with Gasteiger partial charge in [-0.3, -0.25) is 4.79 Å². The minimum Gasteiger partial charge on any atom is -0.452 e. The average molecular weight is 378 g/mol. The van der Waals surface area contributed by atoms with Gasteiger partial charge in [-0.05, 0) is 38.1 Å². The number of amides is 1. The molecule has 1 amide bonds. The molecule has 0 radical (unpaired) electrons. The van der Waals surface area contributed by atoms with E-state index in [1.54, 1.807) is 33.8 Å². The summed E-state index contributed by atoms with van der Waals surface area (Å²) >= 11 is 6.16. The molecule has 138 valence electrons. The first-order chi connectivity index (χ1) is 12.5. The Morgan fingerprint density at radius 2 is 1.85 bits per heavy atom. The number of carbonyl (C=O) groups is 2. The van der Waals surface area contributed by atoms with E-state index in [0.717, 1.165) is 17.1 Å². The van der Waals surface area contributed by atoms with Gasteiger partial charge in [0.1, 0.15) is 0 Å². The summed E-state index contributed by atoms with van der Waals surface area (Å²) in [7, 11) is 0. The summed E-state index contributed by atoms with van der Waals surface area (Å²) in [5.74, 6) is -0.750. The molecule has 3 rings (SSSR count). The molecule has 2 aromatic rings. The third kappa shape index (κ3) is 3.89. The first kappa shape index (κ1) is 18.4. The van der Waals surface area contributed by atoms with Crippen molar-refractivity contribution in [3.63, 3.8) is 0 Å². The Morgan fingerprint density at radius 3 is 2.42 bits per heavy atom. The molecule has 1 fully saturated rings. The summed E-state index contributed by atoms with van der Waals surface area (Å²) in [4.78, 5) is 25.8. The lowest BCUT2D eigenvalue weighted by atomic mass is 10.2. The van der Waals surface area contributed by atoms with Crippen LogP contribution in [0.25, 0.3) is 5.69 Å². The van der Waals surface area contributed by atoms with E-state index in [1.165, 1.54) is 0 Å². The maximum Gasteiger partial charge on any atom is 0.338 e. The van der Waals surface area contributed by atoms with Crippen LogP contribution in [0.5, 0.6) is 0 Å². The number of aromatic nitrogens is 2. The van der Waals surface area contributed by atoms with E-state index in [4.69, 9.17) is 21.1 Å². The fourth-order valence-corrected chi connectivity index (χ4v) is 2.85. The van der Waals surface area contributed by atoms with E-state index in [1.807, 2.05) is 13.8 Å². The molecule has 8 heteroatoms. The highest BCUT2D eigenvalue weighted by molar-refractivity contribution is 6.31. The molecule has 0 aliphatic carbocycles. The van der Waals surface area contributed by atoms with Gasteiger partial charge in [-0.2, -0.15) is 5.10 Å². The van der Waals surface area contributed by atoms with E-state index in [0.29, 0.717) is 36.9 Å². The number of nitrogens with zero attached hydrogens (tertiary/aromatic N) is 3. The second kappa shape index (κ2) is 7.88. The van der Waals surface area contributed by atoms with Gasteiger partial charge in [-0.15, -0.1) is 0 Å². The van der Waals surface area contributed by atoms with Crippen LogP contribution in [0.2, 0.25) is 5.02 Å². The first-order valence-electron chi connectivity index (χ1n) is 8.32. The van der Waals surface area contributed by atoms with E-state index in [9.17, 15) is 9.59 Å². The highest BCUT2D eigenvalue weighted by Gasteiger charge is 2.19. The number of benzene rings is 1. The average Bonchev–Trinajstić information content (AvgIpc) is 2.94. The minimum absolute atomic E-state index is 0.212. The first-order valence-corrected chi connectivity index (χ1v) is 8.70. The standard InChI is InChI=1S/C18H20ClN3O4/c1-12-17(19)13(2)22(20-12)15-5-3-14(4-6-15)18(24)26-11-16(23)21-7-9-25-10-8-21/h3-6H,7-11H2,1-2H3. The van der Waals surface area contributed by atoms with Crippen LogP contribution in [0.4, 0.5) is 0 Å². The predicted molar refractivity (Wildman–Crippen MR) is 95.7 cm³/mol. The van der Waals surface area contributed by atoms with Gasteiger partial charge in [0, 0.05) is 13.1 Å². The molecule has 1 aliphatic heterocycles. The third-order valence-corrected chi connectivity index (χ3v) is 4.79. The third-order valence-electron chi connectivity index (χ3n) is 4.24. The number of carbonyl (C=O) groups excluding carboxylic acids is 2. The Bertz CT molecular complexity index is 811. The summed E-state index contributed by atoms with van der Waals surface area (Å²) in [5.41, 5.74) is 2.74. The van der Waals surface area contributed by atoms with E-state index in [-0.39, 0.29) is 12.5 Å². The van der Waals surface area contributed by atoms with Gasteiger partial charge in [0.15, 0.2) is 6.61 Å². The van der Waals surface area contributed by atoms with Crippen LogP contribution in [0.1, 0.15) is 21.7 Å². The van der Waals surface area contributed by atoms with Crippen molar-refractivity contribution in [2.45, 2.75) is 13.8 Å². The van der Waals surface area contributed by atoms with Gasteiger partial charge in [0.2, 0.25) is 0 Å². The van der Waals surface area contributed by atoms with E-state index in [2.05, 4.69) is 5.10 Å². The summed E-state index contributed by atoms with van der Waals surface area (Å²) in [6.07, 6.45) is 0. The van der Waals surface area contributed by atoms with Crippen LogP contribution in [-0.2, 0) is 14.3 Å². The zero-order valence-electron chi connectivity index (χ0n) is 14.7. The van der Waals surface area contributed by atoms with Crippen molar-refractivity contribution < 1.29 is 19.1 Å². The normalized spacial score (nSPS) is 14.3. The van der Waals surface area contributed by atoms with Gasteiger partial charge in [0.05, 0.1) is 40.9 Å². The van der Waals surface area contributed by atoms with Gasteiger partial charge >= 0.3 is 5.97 Å². The zero-order valence-corrected chi connectivity index (χ0v) is 15.5. The molecule has 2 heterocycles. The number of ether oxygens (including phenoxy) is 2. The molecule has 1 aliphatic rings. The number of hydrogen-bond donors (Lipinski definition) is 0. The molecule has 0 unspecified atom stereocenters. The summed E-state index contributed by atoms with van der Waals surface area (Å²) < 4.78 is 12.0. The molecule has 0 N–H and O–H groups in total. The van der Waals surface area contributed by atoms with Crippen LogP contribution in [-0.4, -0.2) is 59.5 Å². The van der Waals surface area contributed by atoms with Crippen LogP contribution < -0.4 is 0 Å². The summed E-state index contributed by atoms with van der Waals surface area (Å²) in [6, 6.07) is 6.80. The Balaban J connectivity index is 1.61. The molecule has 1 saturated heterocycles. The second-order valence-corrected chi connectivity index (χ2v) is 6.39. The molecule has 0 saturated carbocycles. The lowest BCUT2D eigenvalue weighted by molar-refractivity contribution is -0.138. The van der Waals surface area contributed by atoms with Crippen LogP contribution >= 0.6 is 11.6 Å². The molecule has 1 aromatic carbocycles. The number of morpholine rings is 1. The van der Waals surface area contributed by atoms with Crippen molar-refractivity contribution in [1.29, 1.82) is 0 Å². The Kier molecular flexibility index (Phi) is 5.58. The Labute approximate surface area is 156 Å². The topological polar surface area (TPSA) is 73.7 Å². The number of aryl methyl sites for hydroxylation is 1. The van der Waals surface area contributed by atoms with Crippen LogP contribution in [0, 0.1) is 13.8 Å². The predicted octanol–water partition coefficient (Wildman–Crippen LogP) is 2.16. The van der Waals surface area contributed by atoms with Crippen molar-refractivity contribution in [3.05, 3.63) is 46.2 Å². The van der Waals surface area contributed by atoms with Crippen molar-refractivity contribution in [2.75, 3.05) is 32.9 Å². The molecule has 0 spiro atoms. The monoisotopic (exact) mass is 377 g/mol. The molecule has 1 aromatic heterocycles. The van der Waals surface area contributed by atoms with Crippen LogP contribution in [0.3, 0.4) is 0 Å². The minimum atomic E-state index is -0.537. The highest BCUT2D eigenvalue weighted by Crippen LogP contribution is 2.22.